The first-order chi connectivity index (χ1) is 37.4. The third-order valence-corrected chi connectivity index (χ3v) is 10.9. The lowest BCUT2D eigenvalue weighted by atomic mass is 10.1. The number of carbonyl (C=O) groups is 5. The standard InChI is InChI=1S/C58H55N3O16/c1-39(62)72-53(51(76-56(66)45-26-16-7-17-27-45)48(36-49(63)69-2)75-55(65)44-24-14-6-15-25-44)58(68)77-50(47(74-54(64)43-22-12-5-13-23-43)33-35-70-37-41-18-8-3-9-19-41)52(71-38-42-20-10-4-11-21-42)57(67)73-46-30-28-40(29-31-46)32-34-60-61-59/h3-31,47-48,57-58,67-68H,32-38H2,1-2H3/b52-50+,53-51+/t47-,48+,57-,58-/m0/s1. The maximum atomic E-state index is 14.2. The monoisotopic (exact) mass is 1050 g/mol. The number of aliphatic hydroxyl groups is 2. The highest BCUT2D eigenvalue weighted by Gasteiger charge is 2.39. The normalized spacial score (nSPS) is 13.0. The van der Waals surface area contributed by atoms with Gasteiger partial charge in [-0.05, 0) is 77.2 Å². The van der Waals surface area contributed by atoms with E-state index in [4.69, 9.17) is 48.2 Å². The summed E-state index contributed by atoms with van der Waals surface area (Å²) in [5.74, 6) is -8.37. The predicted octanol–water partition coefficient (Wildman–Crippen LogP) is 9.25. The van der Waals surface area contributed by atoms with Crippen molar-refractivity contribution in [2.75, 3.05) is 20.3 Å². The fourth-order valence-electron chi connectivity index (χ4n) is 7.16. The SMILES string of the molecule is COC(=O)C[C@@H](OC(=O)c1ccccc1)/C(OC(=O)c1ccccc1)=C(\OC(C)=O)[C@@H](O)O/C(=C(/OCc1ccccc1)[C@@H](O)Oc1ccc(CCN=[N+]=[N-])cc1)[C@H](CCOCc1ccccc1)OC(=O)c1ccccc1. The van der Waals surface area contributed by atoms with E-state index in [1.54, 1.807) is 84.9 Å². The van der Waals surface area contributed by atoms with Crippen LogP contribution in [0, 0.1) is 0 Å². The fourth-order valence-corrected chi connectivity index (χ4v) is 7.16. The molecule has 0 aromatic heterocycles. The molecular weight excluding hydrogens is 995 g/mol. The lowest BCUT2D eigenvalue weighted by Gasteiger charge is -2.29. The van der Waals surface area contributed by atoms with Crippen molar-refractivity contribution in [1.29, 1.82) is 0 Å². The van der Waals surface area contributed by atoms with E-state index < -0.39 is 84.1 Å². The largest absolute Gasteiger partial charge is 0.484 e. The van der Waals surface area contributed by atoms with Crippen LogP contribution in [0.1, 0.15) is 67.5 Å². The molecule has 0 aliphatic rings. The first-order valence-electron chi connectivity index (χ1n) is 24.0. The van der Waals surface area contributed by atoms with E-state index in [-0.39, 0.29) is 55.2 Å². The number of nitrogens with zero attached hydrogens (tertiary/aromatic N) is 3. The molecule has 0 radical (unpaired) electrons. The van der Waals surface area contributed by atoms with Gasteiger partial charge in [0.15, 0.2) is 23.7 Å². The maximum Gasteiger partial charge on any atom is 0.343 e. The quantitative estimate of drug-likeness (QED) is 0.00678. The van der Waals surface area contributed by atoms with Crippen LogP contribution in [0.4, 0.5) is 0 Å². The molecule has 0 amide bonds. The van der Waals surface area contributed by atoms with Gasteiger partial charge in [-0.25, -0.2) is 14.4 Å². The van der Waals surface area contributed by atoms with Gasteiger partial charge >= 0.3 is 29.8 Å². The van der Waals surface area contributed by atoms with Crippen LogP contribution >= 0.6 is 0 Å². The molecule has 0 saturated carbocycles. The number of rotatable bonds is 28. The topological polar surface area (TPSA) is 258 Å². The maximum absolute atomic E-state index is 14.2. The smallest absolute Gasteiger partial charge is 0.343 e. The zero-order valence-corrected chi connectivity index (χ0v) is 42.0. The van der Waals surface area contributed by atoms with Crippen LogP contribution in [0.5, 0.6) is 5.75 Å². The van der Waals surface area contributed by atoms with Crippen LogP contribution < -0.4 is 4.74 Å². The lowest BCUT2D eigenvalue weighted by molar-refractivity contribution is -0.149. The Kier molecular flexibility index (Phi) is 22.4. The van der Waals surface area contributed by atoms with Gasteiger partial charge in [0, 0.05) is 24.8 Å². The molecule has 398 valence electrons. The molecule has 0 spiro atoms. The highest BCUT2D eigenvalue weighted by Crippen LogP contribution is 2.31. The summed E-state index contributed by atoms with van der Waals surface area (Å²) in [6, 6.07) is 47.0. The molecule has 19 heteroatoms. The molecule has 6 rings (SSSR count). The fraction of sp³-hybridized carbons (Fsp3) is 0.224. The van der Waals surface area contributed by atoms with Gasteiger partial charge in [-0.1, -0.05) is 133 Å². The number of benzene rings is 6. The van der Waals surface area contributed by atoms with Crippen molar-refractivity contribution < 1.29 is 76.8 Å². The number of ether oxygens (including phenoxy) is 9. The summed E-state index contributed by atoms with van der Waals surface area (Å²) in [6.45, 7) is 0.743. The van der Waals surface area contributed by atoms with Crippen LogP contribution in [-0.2, 0) is 67.1 Å². The summed E-state index contributed by atoms with van der Waals surface area (Å²) < 4.78 is 53.3. The molecule has 0 saturated heterocycles. The van der Waals surface area contributed by atoms with Crippen molar-refractivity contribution in [2.24, 2.45) is 5.11 Å². The predicted molar refractivity (Wildman–Crippen MR) is 275 cm³/mol. The Morgan fingerprint density at radius 2 is 1.05 bits per heavy atom. The Morgan fingerprint density at radius 1 is 0.545 bits per heavy atom. The first-order valence-corrected chi connectivity index (χ1v) is 24.0. The molecule has 0 heterocycles. The Bertz CT molecular complexity index is 2970. The van der Waals surface area contributed by atoms with Crippen molar-refractivity contribution in [3.05, 3.63) is 243 Å². The molecule has 0 unspecified atom stereocenters. The summed E-state index contributed by atoms with van der Waals surface area (Å²) in [7, 11) is 1.05. The van der Waals surface area contributed by atoms with Crippen LogP contribution in [-0.4, -0.2) is 85.1 Å². The molecule has 0 fully saturated rings. The van der Waals surface area contributed by atoms with Gasteiger partial charge in [0.05, 0.1) is 43.4 Å². The Balaban J connectivity index is 1.57. The van der Waals surface area contributed by atoms with Gasteiger partial charge in [0.2, 0.25) is 11.5 Å². The molecule has 4 atom stereocenters. The summed E-state index contributed by atoms with van der Waals surface area (Å²) in [5, 5.41) is 28.5. The molecule has 6 aromatic carbocycles. The van der Waals surface area contributed by atoms with Gasteiger partial charge in [-0.3, -0.25) is 9.59 Å². The average molecular weight is 1050 g/mol. The van der Waals surface area contributed by atoms with Gasteiger partial charge in [-0.15, -0.1) is 0 Å². The molecular formula is C58H55N3O16. The molecule has 0 bridgehead atoms. The van der Waals surface area contributed by atoms with E-state index in [0.29, 0.717) is 12.0 Å². The molecule has 19 nitrogen and oxygen atoms in total. The second-order valence-electron chi connectivity index (χ2n) is 16.5. The zero-order chi connectivity index (χ0) is 54.8. The summed E-state index contributed by atoms with van der Waals surface area (Å²) >= 11 is 0. The van der Waals surface area contributed by atoms with E-state index in [9.17, 15) is 34.2 Å². The van der Waals surface area contributed by atoms with E-state index in [2.05, 4.69) is 10.0 Å². The molecule has 0 aliphatic heterocycles. The van der Waals surface area contributed by atoms with Crippen LogP contribution in [0.2, 0.25) is 0 Å². The van der Waals surface area contributed by atoms with Crippen molar-refractivity contribution in [3.8, 4) is 5.75 Å². The summed E-state index contributed by atoms with van der Waals surface area (Å²) in [4.78, 5) is 71.2. The van der Waals surface area contributed by atoms with Crippen molar-refractivity contribution in [3.63, 3.8) is 0 Å². The van der Waals surface area contributed by atoms with Crippen molar-refractivity contribution in [2.45, 2.75) is 64.2 Å². The third-order valence-electron chi connectivity index (χ3n) is 10.9. The van der Waals surface area contributed by atoms with E-state index in [0.717, 1.165) is 25.2 Å². The summed E-state index contributed by atoms with van der Waals surface area (Å²) in [6.07, 6.45) is -9.28. The van der Waals surface area contributed by atoms with E-state index in [1.807, 2.05) is 30.3 Å². The Labute approximate surface area is 443 Å². The molecule has 0 aliphatic carbocycles. The second kappa shape index (κ2) is 30.2. The molecule has 2 N–H and O–H groups in total. The number of esters is 5. The number of hydrogen-bond donors (Lipinski definition) is 2. The Hall–Kier alpha value is -9.26. The average Bonchev–Trinajstić information content (AvgIpc) is 3.46. The third kappa shape index (κ3) is 18.3. The van der Waals surface area contributed by atoms with Crippen molar-refractivity contribution >= 4 is 29.8 Å². The first kappa shape index (κ1) is 57.0. The molecule has 6 aromatic rings. The van der Waals surface area contributed by atoms with E-state index >= 15 is 0 Å². The number of carbonyl (C=O) groups excluding carboxylic acids is 5. The highest BCUT2D eigenvalue weighted by atomic mass is 16.7. The minimum atomic E-state index is -2.66. The summed E-state index contributed by atoms with van der Waals surface area (Å²) in [5.41, 5.74) is 10.9. The number of methoxy groups -OCH3 is 1. The van der Waals surface area contributed by atoms with Crippen molar-refractivity contribution in [1.82, 2.24) is 0 Å². The van der Waals surface area contributed by atoms with Gasteiger partial charge in [0.1, 0.15) is 12.4 Å². The van der Waals surface area contributed by atoms with Gasteiger partial charge in [-0.2, -0.15) is 0 Å². The number of azide groups is 1. The zero-order valence-electron chi connectivity index (χ0n) is 42.0. The van der Waals surface area contributed by atoms with Gasteiger partial charge in [0.25, 0.3) is 12.6 Å². The lowest BCUT2D eigenvalue weighted by Crippen LogP contribution is -2.35. The second-order valence-corrected chi connectivity index (χ2v) is 16.5. The number of aliphatic hydroxyl groups excluding tert-OH is 2. The molecule has 77 heavy (non-hydrogen) atoms. The van der Waals surface area contributed by atoms with Crippen LogP contribution in [0.25, 0.3) is 10.4 Å². The van der Waals surface area contributed by atoms with Crippen LogP contribution in [0.15, 0.2) is 204 Å². The highest BCUT2D eigenvalue weighted by molar-refractivity contribution is 5.91. The minimum absolute atomic E-state index is 0.0123. The Morgan fingerprint density at radius 3 is 1.57 bits per heavy atom. The van der Waals surface area contributed by atoms with Gasteiger partial charge < -0.3 is 52.8 Å². The van der Waals surface area contributed by atoms with E-state index in [1.165, 1.54) is 60.7 Å². The number of hydrogen-bond acceptors (Lipinski definition) is 17. The minimum Gasteiger partial charge on any atom is -0.484 e. The van der Waals surface area contributed by atoms with Crippen LogP contribution in [0.3, 0.4) is 0 Å².